The molecule has 0 bridgehead atoms. The highest BCUT2D eigenvalue weighted by molar-refractivity contribution is 6.27. The molecule has 4 amide bonds. The van der Waals surface area contributed by atoms with E-state index < -0.39 is 23.8 Å². The van der Waals surface area contributed by atoms with E-state index in [0.29, 0.717) is 5.69 Å². The van der Waals surface area contributed by atoms with E-state index in [-0.39, 0.29) is 5.92 Å². The molecule has 2 heterocycles. The van der Waals surface area contributed by atoms with E-state index in [1.807, 2.05) is 0 Å². The summed E-state index contributed by atoms with van der Waals surface area (Å²) in [5.74, 6) is -1.61. The lowest BCUT2D eigenvalue weighted by Crippen LogP contribution is -2.59. The van der Waals surface area contributed by atoms with Crippen LogP contribution < -0.4 is 10.2 Å². The summed E-state index contributed by atoms with van der Waals surface area (Å²) in [6, 6.07) is -0.692. The minimum Gasteiger partial charge on any atom is -0.277 e. The van der Waals surface area contributed by atoms with Crippen molar-refractivity contribution in [1.82, 2.24) is 15.1 Å². The third-order valence-electron chi connectivity index (χ3n) is 4.02. The molecule has 0 aromatic carbocycles. The lowest BCUT2D eigenvalue weighted by Gasteiger charge is -2.31. The molecular formula is C13H16N4O3. The summed E-state index contributed by atoms with van der Waals surface area (Å²) in [6.45, 7) is 0. The molecule has 3 rings (SSSR count). The van der Waals surface area contributed by atoms with Gasteiger partial charge in [0.15, 0.2) is 0 Å². The number of aromatic nitrogens is 2. The van der Waals surface area contributed by atoms with Gasteiger partial charge in [0, 0.05) is 13.2 Å². The summed E-state index contributed by atoms with van der Waals surface area (Å²) in [5.41, 5.74) is 0.394. The highest BCUT2D eigenvalue weighted by Gasteiger charge is 2.46. The Morgan fingerprint density at radius 2 is 1.95 bits per heavy atom. The third-order valence-corrected chi connectivity index (χ3v) is 4.02. The Bertz CT molecular complexity index is 574. The van der Waals surface area contributed by atoms with Crippen LogP contribution in [0.25, 0.3) is 0 Å². The molecule has 106 valence electrons. The molecule has 1 aromatic rings. The average Bonchev–Trinajstić information content (AvgIpc) is 3.01. The number of amides is 4. The molecular weight excluding hydrogens is 260 g/mol. The number of urea groups is 1. The Kier molecular flexibility index (Phi) is 3.04. The molecule has 1 atom stereocenters. The predicted octanol–water partition coefficient (Wildman–Crippen LogP) is 0.809. The van der Waals surface area contributed by atoms with E-state index in [9.17, 15) is 14.4 Å². The lowest BCUT2D eigenvalue weighted by atomic mass is 9.87. The first-order valence-electron chi connectivity index (χ1n) is 6.75. The number of carbonyl (C=O) groups excluding carboxylic acids is 3. The van der Waals surface area contributed by atoms with Crippen molar-refractivity contribution >= 4 is 23.5 Å². The number of rotatable bonds is 2. The highest BCUT2D eigenvalue weighted by Crippen LogP contribution is 2.34. The normalized spacial score (nSPS) is 24.4. The molecule has 20 heavy (non-hydrogen) atoms. The average molecular weight is 276 g/mol. The summed E-state index contributed by atoms with van der Waals surface area (Å²) < 4.78 is 1.51. The van der Waals surface area contributed by atoms with Gasteiger partial charge >= 0.3 is 6.03 Å². The number of barbiturate groups is 1. The number of anilines is 1. The zero-order valence-corrected chi connectivity index (χ0v) is 11.2. The van der Waals surface area contributed by atoms with Crippen LogP contribution >= 0.6 is 0 Å². The molecule has 1 aliphatic heterocycles. The number of imide groups is 2. The second kappa shape index (κ2) is 4.73. The molecule has 1 N–H and O–H groups in total. The van der Waals surface area contributed by atoms with Crippen LogP contribution in [0.15, 0.2) is 12.4 Å². The fourth-order valence-corrected chi connectivity index (χ4v) is 3.07. The maximum Gasteiger partial charge on any atom is 0.335 e. The molecule has 1 unspecified atom stereocenters. The number of nitrogens with zero attached hydrogens (tertiary/aromatic N) is 3. The molecule has 2 aliphatic rings. The number of nitrogens with one attached hydrogen (secondary N) is 1. The van der Waals surface area contributed by atoms with Crippen molar-refractivity contribution in [1.29, 1.82) is 0 Å². The maximum atomic E-state index is 12.6. The Hall–Kier alpha value is -2.18. The topological polar surface area (TPSA) is 84.3 Å². The quantitative estimate of drug-likeness (QED) is 0.810. The van der Waals surface area contributed by atoms with Gasteiger partial charge in [-0.2, -0.15) is 5.10 Å². The Morgan fingerprint density at radius 1 is 1.25 bits per heavy atom. The smallest absolute Gasteiger partial charge is 0.277 e. The lowest BCUT2D eigenvalue weighted by molar-refractivity contribution is -0.136. The predicted molar refractivity (Wildman–Crippen MR) is 69.7 cm³/mol. The highest BCUT2D eigenvalue weighted by atomic mass is 16.2. The van der Waals surface area contributed by atoms with Crippen molar-refractivity contribution in [3.8, 4) is 0 Å². The van der Waals surface area contributed by atoms with Gasteiger partial charge in [-0.3, -0.25) is 19.6 Å². The van der Waals surface area contributed by atoms with Crippen molar-refractivity contribution in [3.63, 3.8) is 0 Å². The summed E-state index contributed by atoms with van der Waals surface area (Å²) in [5, 5.41) is 6.24. The number of hydrogen-bond donors (Lipinski definition) is 1. The van der Waals surface area contributed by atoms with Gasteiger partial charge in [0.2, 0.25) is 11.8 Å². The minimum atomic E-state index is -0.754. The van der Waals surface area contributed by atoms with Crippen LogP contribution in [-0.2, 0) is 16.6 Å². The molecule has 1 saturated carbocycles. The molecule has 7 nitrogen and oxygen atoms in total. The molecule has 0 spiro atoms. The largest absolute Gasteiger partial charge is 0.335 e. The fourth-order valence-electron chi connectivity index (χ4n) is 3.07. The summed E-state index contributed by atoms with van der Waals surface area (Å²) in [7, 11) is 1.70. The number of carbonyl (C=O) groups is 3. The van der Waals surface area contributed by atoms with Crippen molar-refractivity contribution in [2.45, 2.75) is 25.7 Å². The van der Waals surface area contributed by atoms with Crippen LogP contribution in [0.4, 0.5) is 10.5 Å². The van der Waals surface area contributed by atoms with E-state index in [0.717, 1.165) is 30.6 Å². The molecule has 2 fully saturated rings. The van der Waals surface area contributed by atoms with Gasteiger partial charge in [-0.25, -0.2) is 9.69 Å². The van der Waals surface area contributed by atoms with E-state index in [1.54, 1.807) is 13.2 Å². The zero-order chi connectivity index (χ0) is 14.3. The van der Waals surface area contributed by atoms with Gasteiger partial charge in [-0.1, -0.05) is 12.8 Å². The fraction of sp³-hybridized carbons (Fsp3) is 0.538. The monoisotopic (exact) mass is 276 g/mol. The first-order chi connectivity index (χ1) is 9.58. The second-order valence-corrected chi connectivity index (χ2v) is 5.36. The molecule has 1 aromatic heterocycles. The van der Waals surface area contributed by atoms with Gasteiger partial charge in [0.25, 0.3) is 0 Å². The van der Waals surface area contributed by atoms with Crippen molar-refractivity contribution < 1.29 is 14.4 Å². The van der Waals surface area contributed by atoms with Gasteiger partial charge in [-0.15, -0.1) is 0 Å². The van der Waals surface area contributed by atoms with Gasteiger partial charge < -0.3 is 0 Å². The molecule has 0 radical (unpaired) electrons. The summed E-state index contributed by atoms with van der Waals surface area (Å²) in [4.78, 5) is 37.5. The molecule has 1 aliphatic carbocycles. The van der Waals surface area contributed by atoms with Crippen LogP contribution in [0.3, 0.4) is 0 Å². The first-order valence-corrected chi connectivity index (χ1v) is 6.75. The second-order valence-electron chi connectivity index (χ2n) is 5.36. The summed E-state index contributed by atoms with van der Waals surface area (Å²) in [6.07, 6.45) is 6.81. The summed E-state index contributed by atoms with van der Waals surface area (Å²) >= 11 is 0. The first kappa shape index (κ1) is 12.8. The van der Waals surface area contributed by atoms with Gasteiger partial charge in [-0.05, 0) is 18.8 Å². The maximum absolute atomic E-state index is 12.6. The molecule has 7 heteroatoms. The van der Waals surface area contributed by atoms with E-state index in [1.165, 1.54) is 10.9 Å². The van der Waals surface area contributed by atoms with Crippen molar-refractivity contribution in [2.24, 2.45) is 18.9 Å². The third kappa shape index (κ3) is 1.99. The zero-order valence-electron chi connectivity index (χ0n) is 11.2. The van der Waals surface area contributed by atoms with Crippen LogP contribution in [-0.4, -0.2) is 27.6 Å². The van der Waals surface area contributed by atoms with Crippen LogP contribution in [0, 0.1) is 11.8 Å². The van der Waals surface area contributed by atoms with E-state index >= 15 is 0 Å². The Balaban J connectivity index is 1.92. The Morgan fingerprint density at radius 3 is 2.55 bits per heavy atom. The van der Waals surface area contributed by atoms with E-state index in [2.05, 4.69) is 10.4 Å². The van der Waals surface area contributed by atoms with Crippen LogP contribution in [0.1, 0.15) is 25.7 Å². The number of hydrogen-bond acceptors (Lipinski definition) is 4. The van der Waals surface area contributed by atoms with Gasteiger partial charge in [0.05, 0.1) is 11.9 Å². The Labute approximate surface area is 115 Å². The van der Waals surface area contributed by atoms with Crippen molar-refractivity contribution in [3.05, 3.63) is 12.4 Å². The van der Waals surface area contributed by atoms with Crippen molar-refractivity contribution in [2.75, 3.05) is 4.90 Å². The van der Waals surface area contributed by atoms with Gasteiger partial charge in [0.1, 0.15) is 5.92 Å². The van der Waals surface area contributed by atoms with Crippen LogP contribution in [0.2, 0.25) is 0 Å². The molecule has 1 saturated heterocycles. The SMILES string of the molecule is Cn1cc(N2C(=O)NC(=O)C(C3CCCC3)C2=O)cn1. The minimum absolute atomic E-state index is 0.0368. The van der Waals surface area contributed by atoms with Crippen LogP contribution in [0.5, 0.6) is 0 Å². The van der Waals surface area contributed by atoms with E-state index in [4.69, 9.17) is 0 Å². The number of aryl methyl sites for hydroxylation is 1. The standard InChI is InChI=1S/C13H16N4O3/c1-16-7-9(6-14-16)17-12(19)10(8-4-2-3-5-8)11(18)15-13(17)20/h6-8,10H,2-5H2,1H3,(H,15,18,20).